The standard InChI is InChI=1S/C26H31F5N2O3/c1-14-18(22(23(34)35)36-24(2,3)4)21(33-11-9-25(5,6)10-12-33)16(13-32-14)15-7-8-17(26(29,30)31)20(28)19(15)27/h7-8,13,22H,9-12H2,1-6H3,(H,34,35). The van der Waals surface area contributed by atoms with Gasteiger partial charge >= 0.3 is 12.1 Å². The van der Waals surface area contributed by atoms with Gasteiger partial charge < -0.3 is 14.7 Å². The maximum Gasteiger partial charge on any atom is 0.419 e. The van der Waals surface area contributed by atoms with Crippen LogP contribution in [0.15, 0.2) is 18.3 Å². The number of carboxylic acids is 1. The van der Waals surface area contributed by atoms with Gasteiger partial charge in [0, 0.05) is 41.7 Å². The number of carboxylic acid groups (broad SMARTS) is 1. The minimum absolute atomic E-state index is 0.00388. The Kier molecular flexibility index (Phi) is 7.43. The number of aliphatic carboxylic acids is 1. The summed E-state index contributed by atoms with van der Waals surface area (Å²) < 4.78 is 75.1. The van der Waals surface area contributed by atoms with Gasteiger partial charge in [0.2, 0.25) is 0 Å². The van der Waals surface area contributed by atoms with Crippen LogP contribution in [0, 0.1) is 24.0 Å². The van der Waals surface area contributed by atoms with Crippen molar-refractivity contribution in [2.45, 2.75) is 72.3 Å². The lowest BCUT2D eigenvalue weighted by molar-refractivity contribution is -0.160. The Bertz CT molecular complexity index is 1150. The molecule has 36 heavy (non-hydrogen) atoms. The monoisotopic (exact) mass is 514 g/mol. The average molecular weight is 515 g/mol. The number of hydrogen-bond acceptors (Lipinski definition) is 4. The van der Waals surface area contributed by atoms with Crippen molar-refractivity contribution in [3.8, 4) is 11.1 Å². The van der Waals surface area contributed by atoms with Gasteiger partial charge in [0.15, 0.2) is 17.7 Å². The van der Waals surface area contributed by atoms with E-state index in [4.69, 9.17) is 4.74 Å². The lowest BCUT2D eigenvalue weighted by Crippen LogP contribution is -2.39. The molecule has 198 valence electrons. The number of hydrogen-bond donors (Lipinski definition) is 1. The number of halogens is 5. The zero-order valence-corrected chi connectivity index (χ0v) is 21.2. The highest BCUT2D eigenvalue weighted by Gasteiger charge is 2.39. The number of aromatic nitrogens is 1. The minimum Gasteiger partial charge on any atom is -0.479 e. The first kappa shape index (κ1) is 27.8. The van der Waals surface area contributed by atoms with Crippen LogP contribution in [0.4, 0.5) is 27.6 Å². The quantitative estimate of drug-likeness (QED) is 0.439. The maximum atomic E-state index is 15.1. The van der Waals surface area contributed by atoms with Gasteiger partial charge in [-0.15, -0.1) is 0 Å². The molecular formula is C26H31F5N2O3. The van der Waals surface area contributed by atoms with Crippen LogP contribution in [0.3, 0.4) is 0 Å². The molecule has 1 saturated heterocycles. The average Bonchev–Trinajstić information content (AvgIpc) is 2.73. The lowest BCUT2D eigenvalue weighted by atomic mass is 9.82. The van der Waals surface area contributed by atoms with E-state index in [2.05, 4.69) is 18.8 Å². The van der Waals surface area contributed by atoms with Gasteiger partial charge in [-0.3, -0.25) is 4.98 Å². The molecule has 0 radical (unpaired) electrons. The highest BCUT2D eigenvalue weighted by Crippen LogP contribution is 2.45. The molecule has 1 fully saturated rings. The number of benzene rings is 1. The van der Waals surface area contributed by atoms with E-state index in [1.54, 1.807) is 27.7 Å². The number of nitrogens with zero attached hydrogens (tertiary/aromatic N) is 2. The van der Waals surface area contributed by atoms with Crippen LogP contribution in [0.5, 0.6) is 0 Å². The largest absolute Gasteiger partial charge is 0.479 e. The van der Waals surface area contributed by atoms with Crippen LogP contribution in [-0.4, -0.2) is 34.8 Å². The fourth-order valence-corrected chi connectivity index (χ4v) is 4.36. The predicted molar refractivity (Wildman–Crippen MR) is 126 cm³/mol. The summed E-state index contributed by atoms with van der Waals surface area (Å²) in [5.74, 6) is -5.00. The summed E-state index contributed by atoms with van der Waals surface area (Å²) in [4.78, 5) is 18.5. The molecule has 0 saturated carbocycles. The molecule has 10 heteroatoms. The molecule has 2 heterocycles. The lowest BCUT2D eigenvalue weighted by Gasteiger charge is -2.41. The minimum atomic E-state index is -5.07. The first-order valence-corrected chi connectivity index (χ1v) is 11.6. The van der Waals surface area contributed by atoms with Gasteiger partial charge in [0.1, 0.15) is 0 Å². The van der Waals surface area contributed by atoms with Crippen molar-refractivity contribution in [2.75, 3.05) is 18.0 Å². The van der Waals surface area contributed by atoms with Crippen LogP contribution in [-0.2, 0) is 15.7 Å². The van der Waals surface area contributed by atoms with Crippen molar-refractivity contribution >= 4 is 11.7 Å². The second kappa shape index (κ2) is 9.61. The molecule has 1 N–H and O–H groups in total. The summed E-state index contributed by atoms with van der Waals surface area (Å²) in [7, 11) is 0. The van der Waals surface area contributed by atoms with Crippen molar-refractivity contribution in [1.29, 1.82) is 0 Å². The van der Waals surface area contributed by atoms with Crippen LogP contribution in [0.1, 0.15) is 70.4 Å². The molecule has 1 aliphatic heterocycles. The molecule has 0 amide bonds. The van der Waals surface area contributed by atoms with E-state index in [-0.39, 0.29) is 22.2 Å². The molecule has 1 unspecified atom stereocenters. The van der Waals surface area contributed by atoms with Gasteiger partial charge in [0.05, 0.1) is 16.9 Å². The van der Waals surface area contributed by atoms with E-state index in [0.29, 0.717) is 24.8 Å². The maximum absolute atomic E-state index is 15.1. The highest BCUT2D eigenvalue weighted by atomic mass is 19.4. The van der Waals surface area contributed by atoms with E-state index in [0.717, 1.165) is 18.9 Å². The van der Waals surface area contributed by atoms with Gasteiger partial charge in [-0.25, -0.2) is 13.6 Å². The molecule has 1 aromatic heterocycles. The number of aryl methyl sites for hydroxylation is 1. The number of ether oxygens (including phenoxy) is 1. The molecule has 5 nitrogen and oxygen atoms in total. The van der Waals surface area contributed by atoms with Gasteiger partial charge in [-0.1, -0.05) is 19.9 Å². The number of anilines is 1. The zero-order chi connectivity index (χ0) is 27.2. The Morgan fingerprint density at radius 1 is 1.08 bits per heavy atom. The summed E-state index contributed by atoms with van der Waals surface area (Å²) in [6.07, 6.45) is -3.86. The third kappa shape index (κ3) is 5.79. The number of alkyl halides is 3. The molecule has 1 aliphatic rings. The first-order chi connectivity index (χ1) is 16.4. The number of rotatable bonds is 5. The number of pyridine rings is 1. The zero-order valence-electron chi connectivity index (χ0n) is 21.2. The summed E-state index contributed by atoms with van der Waals surface area (Å²) in [5, 5.41) is 10.1. The second-order valence-corrected chi connectivity index (χ2v) is 10.9. The molecule has 3 rings (SSSR count). The van der Waals surface area contributed by atoms with E-state index in [1.807, 2.05) is 4.90 Å². The fourth-order valence-electron chi connectivity index (χ4n) is 4.36. The predicted octanol–water partition coefficient (Wildman–Crippen LogP) is 6.92. The molecular weight excluding hydrogens is 483 g/mol. The third-order valence-electron chi connectivity index (χ3n) is 6.36. The van der Waals surface area contributed by atoms with Gasteiger partial charge in [-0.05, 0) is 52.0 Å². The molecule has 1 atom stereocenters. The second-order valence-electron chi connectivity index (χ2n) is 10.9. The van der Waals surface area contributed by atoms with Crippen LogP contribution < -0.4 is 4.90 Å². The molecule has 0 bridgehead atoms. The summed E-state index contributed by atoms with van der Waals surface area (Å²) in [6.45, 7) is 11.8. The van der Waals surface area contributed by atoms with Crippen LogP contribution in [0.25, 0.3) is 11.1 Å². The number of carbonyl (C=O) groups is 1. The van der Waals surface area contributed by atoms with E-state index < -0.39 is 46.6 Å². The smallest absolute Gasteiger partial charge is 0.419 e. The molecule has 1 aromatic carbocycles. The van der Waals surface area contributed by atoms with Crippen LogP contribution in [0.2, 0.25) is 0 Å². The normalized spacial score (nSPS) is 17.2. The van der Waals surface area contributed by atoms with Gasteiger partial charge in [-0.2, -0.15) is 13.2 Å². The van der Waals surface area contributed by atoms with E-state index >= 15 is 4.39 Å². The Morgan fingerprint density at radius 3 is 2.17 bits per heavy atom. The number of piperidine rings is 1. The Balaban J connectivity index is 2.32. The Hall–Kier alpha value is -2.75. The SMILES string of the molecule is Cc1ncc(-c2ccc(C(F)(F)F)c(F)c2F)c(N2CCC(C)(C)CC2)c1C(OC(C)(C)C)C(=O)O. The Labute approximate surface area is 207 Å². The Morgan fingerprint density at radius 2 is 1.67 bits per heavy atom. The third-order valence-corrected chi connectivity index (χ3v) is 6.36. The van der Waals surface area contributed by atoms with Crippen molar-refractivity contribution in [2.24, 2.45) is 5.41 Å². The molecule has 0 aliphatic carbocycles. The fraction of sp³-hybridized carbons (Fsp3) is 0.538. The topological polar surface area (TPSA) is 62.7 Å². The molecule has 0 spiro atoms. The van der Waals surface area contributed by atoms with Crippen LogP contribution >= 0.6 is 0 Å². The van der Waals surface area contributed by atoms with E-state index in [1.165, 1.54) is 6.20 Å². The molecule has 2 aromatic rings. The summed E-state index contributed by atoms with van der Waals surface area (Å²) >= 11 is 0. The van der Waals surface area contributed by atoms with E-state index in [9.17, 15) is 27.5 Å². The van der Waals surface area contributed by atoms with Crippen molar-refractivity contribution in [3.05, 3.63) is 46.8 Å². The highest BCUT2D eigenvalue weighted by molar-refractivity contribution is 5.86. The van der Waals surface area contributed by atoms with Crippen molar-refractivity contribution in [3.63, 3.8) is 0 Å². The van der Waals surface area contributed by atoms with Crippen molar-refractivity contribution in [1.82, 2.24) is 4.98 Å². The van der Waals surface area contributed by atoms with Crippen molar-refractivity contribution < 1.29 is 36.6 Å². The van der Waals surface area contributed by atoms with Gasteiger partial charge in [0.25, 0.3) is 0 Å². The first-order valence-electron chi connectivity index (χ1n) is 11.6. The summed E-state index contributed by atoms with van der Waals surface area (Å²) in [6, 6.07) is 1.34. The summed E-state index contributed by atoms with van der Waals surface area (Å²) in [5.41, 5.74) is -2.27.